The minimum atomic E-state index is -5.04. The molecule has 0 spiro atoms. The summed E-state index contributed by atoms with van der Waals surface area (Å²) in [7, 11) is -8.62. The van der Waals surface area contributed by atoms with Gasteiger partial charge in [-0.05, 0) is 16.0 Å². The smallest absolute Gasteiger partial charge is 0.402 e. The second-order valence-electron chi connectivity index (χ2n) is 7.70. The van der Waals surface area contributed by atoms with Crippen LogP contribution in [0.5, 0.6) is 0 Å². The Morgan fingerprint density at radius 3 is 2.54 bits per heavy atom. The van der Waals surface area contributed by atoms with Gasteiger partial charge < -0.3 is 10.4 Å². The minimum Gasteiger partial charge on any atom is -0.477 e. The number of nitrogens with zero attached hydrogens (tertiary/aromatic N) is 5. The molecular formula is C15H18F3N7O8S4. The summed E-state index contributed by atoms with van der Waals surface area (Å²) in [5.74, 6) is -7.73. The van der Waals surface area contributed by atoms with Gasteiger partial charge in [0.1, 0.15) is 28.6 Å². The van der Waals surface area contributed by atoms with Gasteiger partial charge in [-0.1, -0.05) is 11.8 Å². The average Bonchev–Trinajstić information content (AvgIpc) is 3.18. The normalized spacial score (nSPS) is 20.4. The molecule has 1 saturated heterocycles. The number of carbonyl (C=O) groups excluding carboxylic acids is 2. The average molecular weight is 610 g/mol. The molecule has 0 radical (unpaired) electrons. The number of sulfonamides is 1. The second kappa shape index (κ2) is 10.7. The number of carbonyl (C=O) groups is 3. The number of amides is 2. The number of aliphatic carboxylic acids is 1. The first kappa shape index (κ1) is 29.1. The standard InChI is InChI=1S/C15H18F3N7O8S4/c16-15(17,18)6-36(30,31)5-8(26)20-9-11(27)25-10(13(28)29)7(3-34-12(9)25)4-35-14-21-22-23-24(14)1-2-37(19,32)33/h9,12H,1-6H2,(H,20,26)(H,28,29)(H2,19,32,33)/t9?,12-/m1/s1. The molecule has 3 rings (SSSR count). The van der Waals surface area contributed by atoms with Crippen molar-refractivity contribution < 1.29 is 49.5 Å². The Balaban J connectivity index is 1.67. The van der Waals surface area contributed by atoms with Crippen LogP contribution in [-0.4, -0.2) is 111 Å². The van der Waals surface area contributed by atoms with E-state index in [-0.39, 0.29) is 34.5 Å². The van der Waals surface area contributed by atoms with Crippen molar-refractivity contribution in [1.82, 2.24) is 30.4 Å². The SMILES string of the molecule is NS(=O)(=O)CCn1nnnc1SCC1=C(C(=O)O)N2C(=O)C(NC(=O)CS(=O)(=O)CC(F)(F)F)[C@H]2SC1. The minimum absolute atomic E-state index is 0.00636. The number of carboxylic acid groups (broad SMARTS) is 1. The van der Waals surface area contributed by atoms with Crippen molar-refractivity contribution in [2.75, 3.05) is 28.8 Å². The van der Waals surface area contributed by atoms with E-state index in [0.717, 1.165) is 33.1 Å². The highest BCUT2D eigenvalue weighted by molar-refractivity contribution is 8.01. The summed E-state index contributed by atoms with van der Waals surface area (Å²) >= 11 is 2.02. The quantitative estimate of drug-likeness (QED) is 0.179. The molecule has 1 unspecified atom stereocenters. The van der Waals surface area contributed by atoms with E-state index in [1.54, 1.807) is 0 Å². The highest BCUT2D eigenvalue weighted by Gasteiger charge is 2.54. The van der Waals surface area contributed by atoms with Gasteiger partial charge in [0.05, 0.1) is 12.3 Å². The molecule has 4 N–H and O–H groups in total. The fraction of sp³-hybridized carbons (Fsp3) is 0.600. The molecule has 2 aliphatic rings. The molecule has 3 heterocycles. The van der Waals surface area contributed by atoms with E-state index in [4.69, 9.17) is 5.14 Å². The van der Waals surface area contributed by atoms with Crippen LogP contribution >= 0.6 is 23.5 Å². The number of nitrogens with one attached hydrogen (secondary N) is 1. The number of sulfone groups is 1. The van der Waals surface area contributed by atoms with Crippen molar-refractivity contribution >= 4 is 61.2 Å². The molecule has 0 aromatic carbocycles. The molecular weight excluding hydrogens is 591 g/mol. The first-order valence-corrected chi connectivity index (χ1v) is 15.4. The Kier molecular flexibility index (Phi) is 8.46. The predicted molar refractivity (Wildman–Crippen MR) is 121 cm³/mol. The van der Waals surface area contributed by atoms with E-state index in [0.29, 0.717) is 0 Å². The van der Waals surface area contributed by atoms with Crippen LogP contribution in [0, 0.1) is 0 Å². The van der Waals surface area contributed by atoms with E-state index >= 15 is 0 Å². The molecule has 1 aromatic heterocycles. The number of thioether (sulfide) groups is 2. The molecule has 1 aromatic rings. The van der Waals surface area contributed by atoms with Crippen LogP contribution in [0.25, 0.3) is 0 Å². The number of aryl methyl sites for hydroxylation is 1. The fourth-order valence-corrected chi connectivity index (χ4v) is 7.21. The number of hydrogen-bond acceptors (Lipinski definition) is 12. The van der Waals surface area contributed by atoms with E-state index in [1.165, 1.54) is 0 Å². The summed E-state index contributed by atoms with van der Waals surface area (Å²) in [6, 6.07) is -1.33. The third-order valence-electron chi connectivity index (χ3n) is 4.76. The molecule has 2 aliphatic heterocycles. The Labute approximate surface area is 215 Å². The van der Waals surface area contributed by atoms with Gasteiger partial charge in [0.15, 0.2) is 9.84 Å². The van der Waals surface area contributed by atoms with E-state index < -0.39 is 72.5 Å². The van der Waals surface area contributed by atoms with Crippen LogP contribution in [0.15, 0.2) is 16.4 Å². The summed E-state index contributed by atoms with van der Waals surface area (Å²) in [5.41, 5.74) is -0.0920. The number of aromatic nitrogens is 4. The van der Waals surface area contributed by atoms with Gasteiger partial charge in [-0.15, -0.1) is 16.9 Å². The first-order chi connectivity index (χ1) is 17.0. The Morgan fingerprint density at radius 2 is 1.95 bits per heavy atom. The lowest BCUT2D eigenvalue weighted by atomic mass is 10.0. The lowest BCUT2D eigenvalue weighted by molar-refractivity contribution is -0.150. The van der Waals surface area contributed by atoms with Gasteiger partial charge >= 0.3 is 12.1 Å². The number of primary sulfonamides is 1. The molecule has 2 atom stereocenters. The van der Waals surface area contributed by atoms with E-state index in [2.05, 4.69) is 20.8 Å². The van der Waals surface area contributed by atoms with Crippen molar-refractivity contribution in [1.29, 1.82) is 0 Å². The fourth-order valence-electron chi connectivity index (χ4n) is 3.32. The summed E-state index contributed by atoms with van der Waals surface area (Å²) in [4.78, 5) is 37.4. The molecule has 37 heavy (non-hydrogen) atoms. The molecule has 0 saturated carbocycles. The number of carboxylic acids is 1. The number of tetrazole rings is 1. The van der Waals surface area contributed by atoms with Crippen LogP contribution in [0.4, 0.5) is 13.2 Å². The van der Waals surface area contributed by atoms with Crippen molar-refractivity contribution in [3.05, 3.63) is 11.3 Å². The lowest BCUT2D eigenvalue weighted by Crippen LogP contribution is -2.71. The van der Waals surface area contributed by atoms with Crippen LogP contribution in [0.2, 0.25) is 0 Å². The van der Waals surface area contributed by atoms with Crippen LogP contribution < -0.4 is 10.5 Å². The second-order valence-corrected chi connectivity index (χ2v) is 13.5. The molecule has 206 valence electrons. The monoisotopic (exact) mass is 609 g/mol. The highest BCUT2D eigenvalue weighted by atomic mass is 32.2. The van der Waals surface area contributed by atoms with Crippen molar-refractivity contribution in [2.24, 2.45) is 5.14 Å². The van der Waals surface area contributed by atoms with Gasteiger partial charge in [0.25, 0.3) is 5.91 Å². The zero-order chi connectivity index (χ0) is 27.8. The molecule has 0 aliphatic carbocycles. The van der Waals surface area contributed by atoms with Gasteiger partial charge in [0.2, 0.25) is 21.1 Å². The van der Waals surface area contributed by atoms with Crippen molar-refractivity contribution in [2.45, 2.75) is 29.3 Å². The lowest BCUT2D eigenvalue weighted by Gasteiger charge is -2.49. The summed E-state index contributed by atoms with van der Waals surface area (Å²) in [6.07, 6.45) is -5.04. The number of hydrogen-bond donors (Lipinski definition) is 3. The third-order valence-corrected chi connectivity index (χ3v) is 9.37. The Hall–Kier alpha value is -2.43. The molecule has 22 heteroatoms. The van der Waals surface area contributed by atoms with Crippen LogP contribution in [-0.2, 0) is 40.8 Å². The Morgan fingerprint density at radius 1 is 1.27 bits per heavy atom. The third kappa shape index (κ3) is 7.55. The maximum Gasteiger partial charge on any atom is 0.402 e. The van der Waals surface area contributed by atoms with Gasteiger partial charge in [-0.2, -0.15) is 13.2 Å². The summed E-state index contributed by atoms with van der Waals surface area (Å²) < 4.78 is 83.7. The number of halogens is 3. The number of nitrogens with two attached hydrogens (primary N) is 1. The van der Waals surface area contributed by atoms with Crippen LogP contribution in [0.1, 0.15) is 0 Å². The molecule has 15 nitrogen and oxygen atoms in total. The maximum absolute atomic E-state index is 12.6. The van der Waals surface area contributed by atoms with Crippen LogP contribution in [0.3, 0.4) is 0 Å². The molecule has 0 bridgehead atoms. The number of β-lactam (4-membered cyclic amide) rings is 1. The molecule has 1 fully saturated rings. The number of rotatable bonds is 11. The predicted octanol–water partition coefficient (Wildman–Crippen LogP) is -2.23. The van der Waals surface area contributed by atoms with Gasteiger partial charge in [-0.25, -0.2) is 31.5 Å². The van der Waals surface area contributed by atoms with Gasteiger partial charge in [-0.3, -0.25) is 14.5 Å². The maximum atomic E-state index is 12.6. The summed E-state index contributed by atoms with van der Waals surface area (Å²) in [6.45, 7) is -0.152. The Bertz CT molecular complexity index is 1350. The van der Waals surface area contributed by atoms with E-state index in [9.17, 15) is 49.5 Å². The van der Waals surface area contributed by atoms with E-state index in [1.807, 2.05) is 0 Å². The highest BCUT2D eigenvalue weighted by Crippen LogP contribution is 2.41. The molecule has 2 amide bonds. The number of alkyl halides is 3. The van der Waals surface area contributed by atoms with Crippen molar-refractivity contribution in [3.63, 3.8) is 0 Å². The zero-order valence-electron chi connectivity index (χ0n) is 18.3. The summed E-state index contributed by atoms with van der Waals surface area (Å²) in [5, 5.41) is 26.8. The first-order valence-electron chi connectivity index (χ1n) is 9.83. The topological polar surface area (TPSA) is 225 Å². The number of fused-ring (bicyclic) bond motifs is 1. The zero-order valence-corrected chi connectivity index (χ0v) is 21.5. The largest absolute Gasteiger partial charge is 0.477 e. The van der Waals surface area contributed by atoms with Gasteiger partial charge in [0, 0.05) is 11.5 Å². The van der Waals surface area contributed by atoms with Crippen molar-refractivity contribution in [3.8, 4) is 0 Å².